The van der Waals surface area contributed by atoms with Crippen LogP contribution in [0.1, 0.15) is 24.8 Å². The van der Waals surface area contributed by atoms with Crippen molar-refractivity contribution in [2.24, 2.45) is 5.92 Å². The van der Waals surface area contributed by atoms with Gasteiger partial charge in [-0.2, -0.15) is 0 Å². The van der Waals surface area contributed by atoms with Gasteiger partial charge in [0, 0.05) is 6.54 Å². The summed E-state index contributed by atoms with van der Waals surface area (Å²) in [4.78, 5) is 0. The van der Waals surface area contributed by atoms with E-state index in [0.717, 1.165) is 12.5 Å². The minimum atomic E-state index is 0.875. The molecule has 1 radical (unpaired) electrons. The van der Waals surface area contributed by atoms with Crippen molar-refractivity contribution in [2.75, 3.05) is 6.54 Å². The normalized spacial score (nSPS) is 16.7. The Kier molecular flexibility index (Phi) is 2.53. The standard InChI is InChI=1S/C12H16N/c1-10-5-2-3-8-12(10)13-9-11-6-4-7-11/h2-3,5,8,11H,4,6-7,9H2,1H3. The van der Waals surface area contributed by atoms with Gasteiger partial charge in [0.2, 0.25) is 0 Å². The van der Waals surface area contributed by atoms with Crippen molar-refractivity contribution in [1.29, 1.82) is 0 Å². The van der Waals surface area contributed by atoms with Gasteiger partial charge in [0.05, 0.1) is 5.69 Å². The number of nitrogens with zero attached hydrogens (tertiary/aromatic N) is 1. The van der Waals surface area contributed by atoms with E-state index >= 15 is 0 Å². The Bertz CT molecular complexity index is 276. The Hall–Kier alpha value is -0.980. The van der Waals surface area contributed by atoms with E-state index in [1.807, 2.05) is 0 Å². The molecule has 0 saturated heterocycles. The third kappa shape index (κ3) is 2.03. The maximum Gasteiger partial charge on any atom is 0.0603 e. The topological polar surface area (TPSA) is 14.1 Å². The molecule has 1 nitrogen and oxygen atoms in total. The molecule has 1 aliphatic rings. The summed E-state index contributed by atoms with van der Waals surface area (Å²) in [5.74, 6) is 0.875. The van der Waals surface area contributed by atoms with Crippen molar-refractivity contribution in [2.45, 2.75) is 26.2 Å². The van der Waals surface area contributed by atoms with Crippen LogP contribution < -0.4 is 5.32 Å². The molecule has 0 amide bonds. The molecule has 0 aromatic heterocycles. The maximum absolute atomic E-state index is 4.63. The van der Waals surface area contributed by atoms with E-state index in [1.165, 1.54) is 30.5 Å². The molecule has 13 heavy (non-hydrogen) atoms. The third-order valence-electron chi connectivity index (χ3n) is 2.86. The van der Waals surface area contributed by atoms with E-state index in [0.29, 0.717) is 0 Å². The average Bonchev–Trinajstić information content (AvgIpc) is 2.05. The highest BCUT2D eigenvalue weighted by Gasteiger charge is 2.17. The van der Waals surface area contributed by atoms with E-state index < -0.39 is 0 Å². The highest BCUT2D eigenvalue weighted by atomic mass is 14.9. The number of para-hydroxylation sites is 1. The maximum atomic E-state index is 4.63. The average molecular weight is 174 g/mol. The summed E-state index contributed by atoms with van der Waals surface area (Å²) >= 11 is 0. The van der Waals surface area contributed by atoms with Crippen LogP contribution in [0.2, 0.25) is 0 Å². The fourth-order valence-corrected chi connectivity index (χ4v) is 1.64. The lowest BCUT2D eigenvalue weighted by Crippen LogP contribution is -2.20. The summed E-state index contributed by atoms with van der Waals surface area (Å²) in [5.41, 5.74) is 2.47. The van der Waals surface area contributed by atoms with Crippen LogP contribution in [-0.2, 0) is 0 Å². The predicted octanol–water partition coefficient (Wildman–Crippen LogP) is 3.03. The molecule has 1 heteroatoms. The number of hydrogen-bond donors (Lipinski definition) is 0. The molecule has 1 aromatic carbocycles. The lowest BCUT2D eigenvalue weighted by Gasteiger charge is -2.24. The molecule has 1 saturated carbocycles. The second-order valence-corrected chi connectivity index (χ2v) is 3.92. The molecule has 1 aliphatic carbocycles. The van der Waals surface area contributed by atoms with Gasteiger partial charge in [-0.15, -0.1) is 0 Å². The van der Waals surface area contributed by atoms with Crippen LogP contribution in [0.25, 0.3) is 0 Å². The first-order valence-electron chi connectivity index (χ1n) is 5.09. The van der Waals surface area contributed by atoms with E-state index in [-0.39, 0.29) is 0 Å². The Morgan fingerprint density at radius 2 is 2.08 bits per heavy atom. The molecule has 0 atom stereocenters. The smallest absolute Gasteiger partial charge is 0.0603 e. The molecule has 1 aromatic rings. The summed E-state index contributed by atoms with van der Waals surface area (Å²) in [6, 6.07) is 8.36. The van der Waals surface area contributed by atoms with Crippen LogP contribution in [0.15, 0.2) is 24.3 Å². The number of hydrogen-bond acceptors (Lipinski definition) is 0. The van der Waals surface area contributed by atoms with Gasteiger partial charge in [-0.05, 0) is 37.3 Å². The first-order chi connectivity index (χ1) is 6.36. The largest absolute Gasteiger partial charge is 0.285 e. The van der Waals surface area contributed by atoms with E-state index in [4.69, 9.17) is 0 Å². The van der Waals surface area contributed by atoms with Gasteiger partial charge in [-0.1, -0.05) is 24.6 Å². The second-order valence-electron chi connectivity index (χ2n) is 3.92. The monoisotopic (exact) mass is 174 g/mol. The molecule has 0 heterocycles. The molecule has 0 spiro atoms. The summed E-state index contributed by atoms with van der Waals surface area (Å²) in [7, 11) is 0. The van der Waals surface area contributed by atoms with Gasteiger partial charge < -0.3 is 0 Å². The molecule has 0 aliphatic heterocycles. The van der Waals surface area contributed by atoms with Crippen molar-refractivity contribution >= 4 is 5.69 Å². The van der Waals surface area contributed by atoms with Gasteiger partial charge in [0.1, 0.15) is 0 Å². The molecular formula is C12H16N. The van der Waals surface area contributed by atoms with Gasteiger partial charge in [-0.25, -0.2) is 0 Å². The first kappa shape index (κ1) is 8.61. The highest BCUT2D eigenvalue weighted by molar-refractivity contribution is 5.43. The molecule has 0 unspecified atom stereocenters. The quantitative estimate of drug-likeness (QED) is 0.668. The van der Waals surface area contributed by atoms with Gasteiger partial charge in [0.15, 0.2) is 0 Å². The Labute approximate surface area is 80.2 Å². The van der Waals surface area contributed by atoms with Crippen LogP contribution in [0.4, 0.5) is 5.69 Å². The lowest BCUT2D eigenvalue weighted by atomic mass is 9.85. The van der Waals surface area contributed by atoms with Crippen molar-refractivity contribution in [3.05, 3.63) is 29.8 Å². The minimum Gasteiger partial charge on any atom is -0.285 e. The molecule has 1 fully saturated rings. The van der Waals surface area contributed by atoms with E-state index in [2.05, 4.69) is 36.5 Å². The van der Waals surface area contributed by atoms with Crippen LogP contribution in [0, 0.1) is 12.8 Å². The predicted molar refractivity (Wildman–Crippen MR) is 55.2 cm³/mol. The van der Waals surface area contributed by atoms with Crippen LogP contribution in [0.3, 0.4) is 0 Å². The van der Waals surface area contributed by atoms with E-state index in [9.17, 15) is 0 Å². The molecule has 0 bridgehead atoms. The summed E-state index contributed by atoms with van der Waals surface area (Å²) in [6.45, 7) is 3.16. The van der Waals surface area contributed by atoms with Gasteiger partial charge in [-0.3, -0.25) is 5.32 Å². The van der Waals surface area contributed by atoms with Crippen LogP contribution in [-0.4, -0.2) is 6.54 Å². The molecule has 69 valence electrons. The van der Waals surface area contributed by atoms with Crippen molar-refractivity contribution < 1.29 is 0 Å². The van der Waals surface area contributed by atoms with Crippen molar-refractivity contribution in [1.82, 2.24) is 5.32 Å². The zero-order chi connectivity index (χ0) is 9.10. The summed E-state index contributed by atoms with van der Waals surface area (Å²) in [6.07, 6.45) is 4.18. The van der Waals surface area contributed by atoms with Gasteiger partial charge in [0.25, 0.3) is 0 Å². The number of benzene rings is 1. The zero-order valence-corrected chi connectivity index (χ0v) is 8.16. The molecule has 2 rings (SSSR count). The third-order valence-corrected chi connectivity index (χ3v) is 2.86. The fraction of sp³-hybridized carbons (Fsp3) is 0.500. The number of aryl methyl sites for hydroxylation is 1. The van der Waals surface area contributed by atoms with Crippen LogP contribution in [0.5, 0.6) is 0 Å². The number of rotatable bonds is 3. The summed E-state index contributed by atoms with van der Waals surface area (Å²) < 4.78 is 0. The lowest BCUT2D eigenvalue weighted by molar-refractivity contribution is 0.312. The Morgan fingerprint density at radius 3 is 2.69 bits per heavy atom. The van der Waals surface area contributed by atoms with E-state index in [1.54, 1.807) is 0 Å². The van der Waals surface area contributed by atoms with Crippen molar-refractivity contribution in [3.63, 3.8) is 0 Å². The Balaban J connectivity index is 1.89. The van der Waals surface area contributed by atoms with Crippen LogP contribution >= 0.6 is 0 Å². The fourth-order valence-electron chi connectivity index (χ4n) is 1.64. The minimum absolute atomic E-state index is 0.875. The van der Waals surface area contributed by atoms with Crippen molar-refractivity contribution in [3.8, 4) is 0 Å². The molecule has 0 N–H and O–H groups in total. The highest BCUT2D eigenvalue weighted by Crippen LogP contribution is 2.27. The van der Waals surface area contributed by atoms with Gasteiger partial charge >= 0.3 is 0 Å². The molecular weight excluding hydrogens is 158 g/mol. The first-order valence-corrected chi connectivity index (χ1v) is 5.09. The Morgan fingerprint density at radius 1 is 1.31 bits per heavy atom. The SMILES string of the molecule is Cc1ccccc1[N]CC1CCC1. The summed E-state index contributed by atoms with van der Waals surface area (Å²) in [5, 5.41) is 4.63. The zero-order valence-electron chi connectivity index (χ0n) is 8.16. The second kappa shape index (κ2) is 3.82.